The topological polar surface area (TPSA) is 0 Å². The van der Waals surface area contributed by atoms with Crippen molar-refractivity contribution in [2.24, 2.45) is 0 Å². The summed E-state index contributed by atoms with van der Waals surface area (Å²) in [6.45, 7) is 1.74. The van der Waals surface area contributed by atoms with Gasteiger partial charge in [-0.2, -0.15) is 0 Å². The summed E-state index contributed by atoms with van der Waals surface area (Å²) in [5, 5.41) is 0.431. The van der Waals surface area contributed by atoms with Gasteiger partial charge in [-0.25, -0.2) is 4.39 Å². The number of aryl methyl sites for hydroxylation is 1. The molecule has 0 saturated carbocycles. The van der Waals surface area contributed by atoms with Gasteiger partial charge in [0, 0.05) is 13.1 Å². The highest BCUT2D eigenvalue weighted by Gasteiger charge is 2.18. The van der Waals surface area contributed by atoms with Crippen LogP contribution >= 0.6 is 66.1 Å². The maximum atomic E-state index is 13.5. The Balaban J connectivity index is 2.52. The Morgan fingerprint density at radius 1 is 1.21 bits per heavy atom. The molecule has 0 radical (unpaired) electrons. The van der Waals surface area contributed by atoms with E-state index in [-0.39, 0.29) is 10.6 Å². The van der Waals surface area contributed by atoms with Crippen molar-refractivity contribution in [3.05, 3.63) is 65.9 Å². The summed E-state index contributed by atoms with van der Waals surface area (Å²) in [4.78, 5) is -0.0660. The second-order valence-electron chi connectivity index (χ2n) is 4.15. The predicted molar refractivity (Wildman–Crippen MR) is 93.8 cm³/mol. The van der Waals surface area contributed by atoms with Crippen molar-refractivity contribution < 1.29 is 4.39 Å². The summed E-state index contributed by atoms with van der Waals surface area (Å²) in [5.41, 5.74) is 2.56. The average molecular weight is 518 g/mol. The van der Waals surface area contributed by atoms with Gasteiger partial charge in [0.05, 0.1) is 4.83 Å². The highest BCUT2D eigenvalue weighted by molar-refractivity contribution is 14.1. The van der Waals surface area contributed by atoms with Crippen molar-refractivity contribution >= 4 is 66.1 Å². The highest BCUT2D eigenvalue weighted by Crippen LogP contribution is 2.39. The maximum absolute atomic E-state index is 13.5. The summed E-state index contributed by atoms with van der Waals surface area (Å²) in [6, 6.07) is 9.21. The van der Waals surface area contributed by atoms with Crippen LogP contribution in [0.2, 0.25) is 5.02 Å². The van der Waals surface area contributed by atoms with Crippen LogP contribution in [-0.4, -0.2) is 0 Å². The average Bonchev–Trinajstić information content (AvgIpc) is 2.36. The number of hydrogen-bond acceptors (Lipinski definition) is 0. The van der Waals surface area contributed by atoms with Gasteiger partial charge >= 0.3 is 0 Å². The van der Waals surface area contributed by atoms with Crippen LogP contribution in [0.5, 0.6) is 0 Å². The van der Waals surface area contributed by atoms with E-state index in [9.17, 15) is 4.39 Å². The monoisotopic (exact) mass is 516 g/mol. The normalized spacial score (nSPS) is 12.5. The Hall–Kier alpha value is 0.350. The minimum Gasteiger partial charge on any atom is -0.207 e. The van der Waals surface area contributed by atoms with E-state index in [0.717, 1.165) is 19.2 Å². The molecule has 2 aromatic carbocycles. The lowest BCUT2D eigenvalue weighted by Crippen LogP contribution is -1.99. The summed E-state index contributed by atoms with van der Waals surface area (Å²) < 4.78 is 15.6. The van der Waals surface area contributed by atoms with Crippen molar-refractivity contribution in [2.75, 3.05) is 0 Å². The first-order valence-electron chi connectivity index (χ1n) is 5.44. The lowest BCUT2D eigenvalue weighted by atomic mass is 10.0. The van der Waals surface area contributed by atoms with E-state index in [1.54, 1.807) is 13.0 Å². The SMILES string of the molecule is Cc1cc(C(Br)c2cc(Br)ccc2I)c(Cl)cc1F. The van der Waals surface area contributed by atoms with Crippen molar-refractivity contribution in [2.45, 2.75) is 11.8 Å². The first-order chi connectivity index (χ1) is 8.90. The molecule has 0 aliphatic heterocycles. The zero-order chi connectivity index (χ0) is 14.2. The van der Waals surface area contributed by atoms with Crippen LogP contribution in [0.1, 0.15) is 21.5 Å². The second-order valence-corrected chi connectivity index (χ2v) is 7.55. The predicted octanol–water partition coefficient (Wildman–Crippen LogP) is 6.64. The van der Waals surface area contributed by atoms with Crippen molar-refractivity contribution in [3.63, 3.8) is 0 Å². The summed E-state index contributed by atoms with van der Waals surface area (Å²) in [5.74, 6) is -0.280. The van der Waals surface area contributed by atoms with Gasteiger partial charge in [0.25, 0.3) is 0 Å². The van der Waals surface area contributed by atoms with E-state index in [1.807, 2.05) is 18.2 Å². The van der Waals surface area contributed by atoms with E-state index in [2.05, 4.69) is 54.5 Å². The lowest BCUT2D eigenvalue weighted by Gasteiger charge is -2.16. The molecule has 0 N–H and O–H groups in total. The van der Waals surface area contributed by atoms with Crippen LogP contribution in [0.4, 0.5) is 4.39 Å². The molecule has 1 unspecified atom stereocenters. The van der Waals surface area contributed by atoms with Crippen LogP contribution < -0.4 is 0 Å². The fraction of sp³-hybridized carbons (Fsp3) is 0.143. The van der Waals surface area contributed by atoms with Crippen LogP contribution in [0.3, 0.4) is 0 Å². The summed E-state index contributed by atoms with van der Waals surface area (Å²) in [6.07, 6.45) is 0. The zero-order valence-electron chi connectivity index (χ0n) is 9.85. The van der Waals surface area contributed by atoms with Gasteiger partial charge in [0.1, 0.15) is 5.82 Å². The van der Waals surface area contributed by atoms with E-state index < -0.39 is 0 Å². The van der Waals surface area contributed by atoms with Crippen LogP contribution in [0, 0.1) is 16.3 Å². The molecule has 19 heavy (non-hydrogen) atoms. The minimum atomic E-state index is -0.280. The molecule has 0 nitrogen and oxygen atoms in total. The molecule has 0 heterocycles. The molecule has 0 aliphatic rings. The number of halogens is 5. The summed E-state index contributed by atoms with van der Waals surface area (Å²) >= 11 is 15.6. The van der Waals surface area contributed by atoms with E-state index in [1.165, 1.54) is 6.07 Å². The van der Waals surface area contributed by atoms with E-state index in [0.29, 0.717) is 10.6 Å². The van der Waals surface area contributed by atoms with Crippen LogP contribution in [0.15, 0.2) is 34.8 Å². The molecule has 5 heteroatoms. The number of alkyl halides is 1. The molecule has 0 saturated heterocycles. The molecule has 2 rings (SSSR count). The molecule has 0 amide bonds. The van der Waals surface area contributed by atoms with Gasteiger partial charge in [-0.1, -0.05) is 49.5 Å². The molecule has 2 aromatic rings. The number of rotatable bonds is 2. The first-order valence-corrected chi connectivity index (χ1v) is 8.61. The molecule has 0 aromatic heterocycles. The molecular formula is C14H9Br2ClFI. The maximum Gasteiger partial charge on any atom is 0.127 e. The van der Waals surface area contributed by atoms with Gasteiger partial charge in [-0.05, 0) is 70.5 Å². The standard InChI is InChI=1S/C14H9Br2ClFI/c1-7-4-9(11(17)6-12(7)18)14(16)10-5-8(15)2-3-13(10)19/h2-6,14H,1H3. The van der Waals surface area contributed by atoms with Gasteiger partial charge in [-0.3, -0.25) is 0 Å². The van der Waals surface area contributed by atoms with Gasteiger partial charge in [0.2, 0.25) is 0 Å². The van der Waals surface area contributed by atoms with E-state index >= 15 is 0 Å². The Morgan fingerprint density at radius 2 is 1.89 bits per heavy atom. The largest absolute Gasteiger partial charge is 0.207 e. The third-order valence-electron chi connectivity index (χ3n) is 2.78. The summed E-state index contributed by atoms with van der Waals surface area (Å²) in [7, 11) is 0. The number of benzene rings is 2. The van der Waals surface area contributed by atoms with Crippen LogP contribution in [0.25, 0.3) is 0 Å². The lowest BCUT2D eigenvalue weighted by molar-refractivity contribution is 0.618. The van der Waals surface area contributed by atoms with Crippen molar-refractivity contribution in [1.29, 1.82) is 0 Å². The molecule has 0 bridgehead atoms. The molecule has 0 fully saturated rings. The van der Waals surface area contributed by atoms with Crippen molar-refractivity contribution in [3.8, 4) is 0 Å². The molecule has 0 aliphatic carbocycles. The Kier molecular flexibility index (Phi) is 5.31. The van der Waals surface area contributed by atoms with Crippen molar-refractivity contribution in [1.82, 2.24) is 0 Å². The molecule has 100 valence electrons. The number of hydrogen-bond donors (Lipinski definition) is 0. The molecule has 0 spiro atoms. The third-order valence-corrected chi connectivity index (χ3v) is 5.57. The van der Waals surface area contributed by atoms with Gasteiger partial charge in [-0.15, -0.1) is 0 Å². The zero-order valence-corrected chi connectivity index (χ0v) is 15.9. The minimum absolute atomic E-state index is 0.0660. The van der Waals surface area contributed by atoms with Gasteiger partial charge < -0.3 is 0 Å². The highest BCUT2D eigenvalue weighted by atomic mass is 127. The van der Waals surface area contributed by atoms with E-state index in [4.69, 9.17) is 11.6 Å². The fourth-order valence-electron chi connectivity index (χ4n) is 1.75. The Morgan fingerprint density at radius 3 is 2.58 bits per heavy atom. The Labute approximate surface area is 147 Å². The third kappa shape index (κ3) is 3.52. The fourth-order valence-corrected chi connectivity index (χ4v) is 4.35. The van der Waals surface area contributed by atoms with Crippen LogP contribution in [-0.2, 0) is 0 Å². The van der Waals surface area contributed by atoms with Gasteiger partial charge in [0.15, 0.2) is 0 Å². The Bertz CT molecular complexity index is 631. The quantitative estimate of drug-likeness (QED) is 0.309. The molecular weight excluding hydrogens is 509 g/mol. The molecule has 1 atom stereocenters. The first kappa shape index (κ1) is 15.7. The smallest absolute Gasteiger partial charge is 0.127 e. The second kappa shape index (κ2) is 6.41.